The lowest BCUT2D eigenvalue weighted by atomic mass is 10.1. The standard InChI is InChI=1S/C24H24BrNO5S/c1-18-7-13-22(14-8-18)32(29,30)31-21-11-9-20(10-12-21)23(27)17-26(24(28)15-25)16-19-5-3-2-4-6-19/h2-14,23,27H,15-17H2,1H3/t23-/m1/s1. The van der Waals surface area contributed by atoms with E-state index in [4.69, 9.17) is 4.18 Å². The first-order valence-electron chi connectivity index (χ1n) is 9.95. The normalized spacial score (nSPS) is 12.2. The quantitative estimate of drug-likeness (QED) is 0.339. The van der Waals surface area contributed by atoms with Crippen molar-refractivity contribution in [2.24, 2.45) is 0 Å². The van der Waals surface area contributed by atoms with Crippen LogP contribution in [0, 0.1) is 6.92 Å². The second-order valence-electron chi connectivity index (χ2n) is 7.33. The minimum atomic E-state index is -3.95. The molecule has 0 spiro atoms. The van der Waals surface area contributed by atoms with Crippen LogP contribution in [0.5, 0.6) is 5.75 Å². The fraction of sp³-hybridized carbons (Fsp3) is 0.208. The molecule has 0 aliphatic carbocycles. The Labute approximate surface area is 196 Å². The minimum absolute atomic E-state index is 0.0667. The SMILES string of the molecule is Cc1ccc(S(=O)(=O)Oc2ccc([C@H](O)CN(Cc3ccccc3)C(=O)CBr)cc2)cc1. The third kappa shape index (κ3) is 6.41. The van der Waals surface area contributed by atoms with Crippen LogP contribution in [-0.4, -0.2) is 36.2 Å². The summed E-state index contributed by atoms with van der Waals surface area (Å²) in [6.07, 6.45) is -0.940. The summed E-state index contributed by atoms with van der Waals surface area (Å²) < 4.78 is 30.1. The van der Waals surface area contributed by atoms with E-state index in [1.807, 2.05) is 37.3 Å². The largest absolute Gasteiger partial charge is 0.387 e. The van der Waals surface area contributed by atoms with Gasteiger partial charge in [0.15, 0.2) is 0 Å². The van der Waals surface area contributed by atoms with Gasteiger partial charge in [-0.05, 0) is 42.3 Å². The molecule has 3 rings (SSSR count). The molecule has 168 valence electrons. The molecule has 3 aromatic carbocycles. The molecule has 0 saturated heterocycles. The second kappa shape index (κ2) is 10.8. The molecule has 0 heterocycles. The highest BCUT2D eigenvalue weighted by molar-refractivity contribution is 9.09. The van der Waals surface area contributed by atoms with Crippen molar-refractivity contribution < 1.29 is 22.5 Å². The summed E-state index contributed by atoms with van der Waals surface area (Å²) in [5, 5.41) is 10.8. The topological polar surface area (TPSA) is 83.9 Å². The molecule has 0 radical (unpaired) electrons. The zero-order valence-electron chi connectivity index (χ0n) is 17.5. The van der Waals surface area contributed by atoms with Gasteiger partial charge < -0.3 is 14.2 Å². The third-order valence-corrected chi connectivity index (χ3v) is 6.60. The van der Waals surface area contributed by atoms with E-state index in [0.717, 1.165) is 11.1 Å². The Kier molecular flexibility index (Phi) is 8.06. The maximum atomic E-state index is 12.4. The fourth-order valence-electron chi connectivity index (χ4n) is 3.08. The van der Waals surface area contributed by atoms with E-state index in [-0.39, 0.29) is 28.4 Å². The molecule has 1 N–H and O–H groups in total. The molecule has 0 aliphatic rings. The number of carbonyl (C=O) groups excluding carboxylic acids is 1. The van der Waals surface area contributed by atoms with Gasteiger partial charge in [-0.25, -0.2) is 0 Å². The summed E-state index contributed by atoms with van der Waals surface area (Å²) in [6.45, 7) is 2.34. The molecule has 8 heteroatoms. The van der Waals surface area contributed by atoms with E-state index < -0.39 is 16.2 Å². The number of aliphatic hydroxyl groups excluding tert-OH is 1. The van der Waals surface area contributed by atoms with Gasteiger partial charge in [0.2, 0.25) is 5.91 Å². The first kappa shape index (κ1) is 24.0. The number of benzene rings is 3. The van der Waals surface area contributed by atoms with Crippen molar-refractivity contribution in [1.29, 1.82) is 0 Å². The van der Waals surface area contributed by atoms with Gasteiger partial charge in [0.05, 0.1) is 18.0 Å². The molecule has 0 fully saturated rings. The Balaban J connectivity index is 1.68. The van der Waals surface area contributed by atoms with E-state index >= 15 is 0 Å². The number of rotatable bonds is 9. The number of hydrogen-bond donors (Lipinski definition) is 1. The Morgan fingerprint density at radius 1 is 1.00 bits per heavy atom. The molecule has 3 aromatic rings. The van der Waals surface area contributed by atoms with Crippen LogP contribution < -0.4 is 4.18 Å². The van der Waals surface area contributed by atoms with Gasteiger partial charge in [-0.2, -0.15) is 8.42 Å². The Morgan fingerprint density at radius 2 is 1.62 bits per heavy atom. The van der Waals surface area contributed by atoms with Gasteiger partial charge in [0.25, 0.3) is 0 Å². The van der Waals surface area contributed by atoms with Crippen LogP contribution in [0.25, 0.3) is 0 Å². The monoisotopic (exact) mass is 517 g/mol. The molecule has 0 aliphatic heterocycles. The highest BCUT2D eigenvalue weighted by Gasteiger charge is 2.20. The van der Waals surface area contributed by atoms with E-state index in [2.05, 4.69) is 15.9 Å². The Hall–Kier alpha value is -2.68. The lowest BCUT2D eigenvalue weighted by Gasteiger charge is -2.25. The number of amides is 1. The van der Waals surface area contributed by atoms with E-state index in [1.165, 1.54) is 24.3 Å². The maximum Gasteiger partial charge on any atom is 0.339 e. The van der Waals surface area contributed by atoms with Gasteiger partial charge in [-0.3, -0.25) is 4.79 Å². The Bertz CT molecular complexity index is 1130. The summed E-state index contributed by atoms with van der Waals surface area (Å²) >= 11 is 3.19. The van der Waals surface area contributed by atoms with Crippen LogP contribution >= 0.6 is 15.9 Å². The van der Waals surface area contributed by atoms with Crippen molar-refractivity contribution in [1.82, 2.24) is 4.90 Å². The van der Waals surface area contributed by atoms with Crippen LogP contribution in [-0.2, 0) is 21.5 Å². The predicted octanol–water partition coefficient (Wildman–Crippen LogP) is 4.22. The van der Waals surface area contributed by atoms with Gasteiger partial charge in [-0.1, -0.05) is 76.1 Å². The number of nitrogens with zero attached hydrogens (tertiary/aromatic N) is 1. The predicted molar refractivity (Wildman–Crippen MR) is 126 cm³/mol. The molecular weight excluding hydrogens is 494 g/mol. The van der Waals surface area contributed by atoms with Gasteiger partial charge >= 0.3 is 10.1 Å². The van der Waals surface area contributed by atoms with Crippen molar-refractivity contribution >= 4 is 32.0 Å². The van der Waals surface area contributed by atoms with Gasteiger partial charge in [-0.15, -0.1) is 0 Å². The molecule has 0 bridgehead atoms. The highest BCUT2D eigenvalue weighted by Crippen LogP contribution is 2.23. The summed E-state index contributed by atoms with van der Waals surface area (Å²) in [7, 11) is -3.95. The molecule has 0 aromatic heterocycles. The highest BCUT2D eigenvalue weighted by atomic mass is 79.9. The molecule has 0 unspecified atom stereocenters. The van der Waals surface area contributed by atoms with Crippen molar-refractivity contribution in [3.05, 3.63) is 95.6 Å². The van der Waals surface area contributed by atoms with Crippen molar-refractivity contribution in [3.8, 4) is 5.75 Å². The molecule has 0 saturated carbocycles. The lowest BCUT2D eigenvalue weighted by Crippen LogP contribution is -2.35. The first-order chi connectivity index (χ1) is 15.3. The second-order valence-corrected chi connectivity index (χ2v) is 9.44. The third-order valence-electron chi connectivity index (χ3n) is 4.86. The number of halogens is 1. The van der Waals surface area contributed by atoms with E-state index in [1.54, 1.807) is 29.2 Å². The average molecular weight is 518 g/mol. The summed E-state index contributed by atoms with van der Waals surface area (Å²) in [5.74, 6) is -0.00347. The number of aryl methyl sites for hydroxylation is 1. The van der Waals surface area contributed by atoms with Crippen LogP contribution in [0.1, 0.15) is 22.8 Å². The smallest absolute Gasteiger partial charge is 0.339 e. The van der Waals surface area contributed by atoms with E-state index in [0.29, 0.717) is 12.1 Å². The number of aliphatic hydroxyl groups is 1. The summed E-state index contributed by atoms with van der Waals surface area (Å²) in [5.41, 5.74) is 2.45. The van der Waals surface area contributed by atoms with Crippen LogP contribution in [0.4, 0.5) is 0 Å². The van der Waals surface area contributed by atoms with Crippen molar-refractivity contribution in [3.63, 3.8) is 0 Å². The lowest BCUT2D eigenvalue weighted by molar-refractivity contribution is -0.130. The van der Waals surface area contributed by atoms with Crippen LogP contribution in [0.3, 0.4) is 0 Å². The zero-order chi connectivity index (χ0) is 23.1. The summed E-state index contributed by atoms with van der Waals surface area (Å²) in [4.78, 5) is 14.0. The molecule has 1 atom stereocenters. The van der Waals surface area contributed by atoms with Gasteiger partial charge in [0, 0.05) is 6.54 Å². The van der Waals surface area contributed by atoms with Gasteiger partial charge in [0.1, 0.15) is 10.6 Å². The number of alkyl halides is 1. The minimum Gasteiger partial charge on any atom is -0.387 e. The van der Waals surface area contributed by atoms with Crippen LogP contribution in [0.2, 0.25) is 0 Å². The average Bonchev–Trinajstić information content (AvgIpc) is 2.79. The molecule has 1 amide bonds. The van der Waals surface area contributed by atoms with E-state index in [9.17, 15) is 18.3 Å². The van der Waals surface area contributed by atoms with Crippen molar-refractivity contribution in [2.75, 3.05) is 11.9 Å². The molecule has 32 heavy (non-hydrogen) atoms. The van der Waals surface area contributed by atoms with Crippen molar-refractivity contribution in [2.45, 2.75) is 24.5 Å². The molecule has 6 nitrogen and oxygen atoms in total. The number of hydrogen-bond acceptors (Lipinski definition) is 5. The maximum absolute atomic E-state index is 12.4. The fourth-order valence-corrected chi connectivity index (χ4v) is 4.37. The molecular formula is C24H24BrNO5S. The number of carbonyl (C=O) groups is 1. The Morgan fingerprint density at radius 3 is 2.22 bits per heavy atom. The summed E-state index contributed by atoms with van der Waals surface area (Å²) in [6, 6.07) is 22.1. The zero-order valence-corrected chi connectivity index (χ0v) is 19.9. The van der Waals surface area contributed by atoms with Crippen LogP contribution in [0.15, 0.2) is 83.8 Å². The first-order valence-corrected chi connectivity index (χ1v) is 12.5.